The molecule has 6 rings (SSSR count). The van der Waals surface area contributed by atoms with E-state index in [4.69, 9.17) is 0 Å². The molecule has 114 valence electrons. The maximum Gasteiger partial charge on any atom is -0.00175 e. The molecule has 0 unspecified atom stereocenters. The molecule has 0 radical (unpaired) electrons. The van der Waals surface area contributed by atoms with Crippen LogP contribution in [0.5, 0.6) is 0 Å². The summed E-state index contributed by atoms with van der Waals surface area (Å²) in [5, 5.41) is 10.2. The molecule has 0 heterocycles. The van der Waals surface area contributed by atoms with Crippen molar-refractivity contribution in [3.8, 4) is 0 Å². The Morgan fingerprint density at radius 1 is 0.625 bits per heavy atom. The quantitative estimate of drug-likeness (QED) is 0.295. The summed E-state index contributed by atoms with van der Waals surface area (Å²) in [6.45, 7) is 0. The molecule has 2 aliphatic rings. The van der Waals surface area contributed by atoms with Crippen LogP contribution in [-0.4, -0.2) is 0 Å². The van der Waals surface area contributed by atoms with Crippen molar-refractivity contribution in [1.82, 2.24) is 0 Å². The number of hydrogen-bond donors (Lipinski definition) is 0. The predicted molar refractivity (Wildman–Crippen MR) is 104 cm³/mol. The molecule has 24 heavy (non-hydrogen) atoms. The number of rotatable bonds is 0. The van der Waals surface area contributed by atoms with E-state index in [-0.39, 0.29) is 0 Å². The second-order valence-electron chi connectivity index (χ2n) is 7.12. The van der Waals surface area contributed by atoms with Gasteiger partial charge in [0.25, 0.3) is 0 Å². The van der Waals surface area contributed by atoms with E-state index in [1.807, 2.05) is 0 Å². The molecule has 0 heteroatoms. The Labute approximate surface area is 141 Å². The summed E-state index contributed by atoms with van der Waals surface area (Å²) >= 11 is 0. The smallest absolute Gasteiger partial charge is 0.00175 e. The first kappa shape index (κ1) is 12.8. The minimum absolute atomic E-state index is 1.17. The fraction of sp³-hybridized carbons (Fsp3) is 0.167. The molecule has 0 saturated carbocycles. The summed E-state index contributed by atoms with van der Waals surface area (Å²) < 4.78 is 0. The van der Waals surface area contributed by atoms with Crippen LogP contribution >= 0.6 is 0 Å². The second-order valence-corrected chi connectivity index (χ2v) is 7.12. The third-order valence-electron chi connectivity index (χ3n) is 5.96. The van der Waals surface area contributed by atoms with Crippen LogP contribution in [0.25, 0.3) is 44.5 Å². The zero-order valence-corrected chi connectivity index (χ0v) is 13.6. The summed E-state index contributed by atoms with van der Waals surface area (Å²) in [5.74, 6) is 0. The number of fused-ring (bicyclic) bond motifs is 6. The molecule has 2 aliphatic carbocycles. The third kappa shape index (κ3) is 1.45. The van der Waals surface area contributed by atoms with Crippen LogP contribution in [0, 0.1) is 0 Å². The van der Waals surface area contributed by atoms with Gasteiger partial charge in [0, 0.05) is 0 Å². The second kappa shape index (κ2) is 4.48. The van der Waals surface area contributed by atoms with E-state index in [1.165, 1.54) is 63.4 Å². The highest BCUT2D eigenvalue weighted by atomic mass is 14.3. The van der Waals surface area contributed by atoms with E-state index in [0.29, 0.717) is 0 Å². The molecular weight excluding hydrogens is 288 g/mol. The van der Waals surface area contributed by atoms with Crippen molar-refractivity contribution >= 4 is 44.5 Å². The van der Waals surface area contributed by atoms with E-state index >= 15 is 0 Å². The zero-order chi connectivity index (χ0) is 15.7. The van der Waals surface area contributed by atoms with Gasteiger partial charge in [-0.15, -0.1) is 0 Å². The fourth-order valence-corrected chi connectivity index (χ4v) is 5.04. The number of benzene rings is 4. The van der Waals surface area contributed by atoms with Crippen molar-refractivity contribution < 1.29 is 0 Å². The lowest BCUT2D eigenvalue weighted by Crippen LogP contribution is -2.15. The number of allylic oxidation sites excluding steroid dienone is 1. The Kier molecular flexibility index (Phi) is 2.38. The van der Waals surface area contributed by atoms with E-state index < -0.39 is 0 Å². The highest BCUT2D eigenvalue weighted by Gasteiger charge is 2.22. The molecule has 0 spiro atoms. The lowest BCUT2D eigenvalue weighted by Gasteiger charge is -2.25. The summed E-state index contributed by atoms with van der Waals surface area (Å²) in [6, 6.07) is 15.8. The minimum Gasteiger partial charge on any atom is -0.0836 e. The van der Waals surface area contributed by atoms with Gasteiger partial charge in [-0.2, -0.15) is 0 Å². The molecule has 4 aromatic carbocycles. The van der Waals surface area contributed by atoms with Gasteiger partial charge in [-0.25, -0.2) is 0 Å². The Bertz CT molecular complexity index is 1240. The van der Waals surface area contributed by atoms with E-state index in [9.17, 15) is 0 Å². The molecule has 0 fully saturated rings. The van der Waals surface area contributed by atoms with Crippen LogP contribution in [0.15, 0.2) is 48.5 Å². The SMILES string of the molecule is C1=Cc2c(c3c4c(c5ccccc5c5cccc2c45)=CCC3)CC1. The van der Waals surface area contributed by atoms with Crippen molar-refractivity contribution in [3.05, 3.63) is 70.4 Å². The first-order valence-corrected chi connectivity index (χ1v) is 9.01. The van der Waals surface area contributed by atoms with Crippen LogP contribution in [0.1, 0.15) is 29.5 Å². The zero-order valence-electron chi connectivity index (χ0n) is 13.6. The first-order valence-electron chi connectivity index (χ1n) is 9.01. The normalized spacial score (nSPS) is 15.8. The Morgan fingerprint density at radius 2 is 1.42 bits per heavy atom. The first-order chi connectivity index (χ1) is 11.9. The molecule has 0 amide bonds. The summed E-state index contributed by atoms with van der Waals surface area (Å²) in [7, 11) is 0. The molecule has 0 saturated heterocycles. The van der Waals surface area contributed by atoms with Crippen LogP contribution in [-0.2, 0) is 12.8 Å². The average molecular weight is 306 g/mol. The standard InChI is InChI=1S/C24H18/c1-2-8-16-15(7-1)19-11-5-13-21-17-9-3-4-10-18(17)22-14-6-12-20(16)24(22)23(19)21/h1-3,5,7-9,11-13H,4,6,10,14H2. The average Bonchev–Trinajstić information content (AvgIpc) is 2.67. The van der Waals surface area contributed by atoms with Crippen LogP contribution in [0.4, 0.5) is 0 Å². The number of hydrogen-bond acceptors (Lipinski definition) is 0. The van der Waals surface area contributed by atoms with E-state index in [2.05, 4.69) is 60.7 Å². The summed E-state index contributed by atoms with van der Waals surface area (Å²) in [4.78, 5) is 0. The molecule has 0 nitrogen and oxygen atoms in total. The van der Waals surface area contributed by atoms with Crippen LogP contribution in [0.2, 0.25) is 0 Å². The predicted octanol–water partition coefficient (Wildman–Crippen LogP) is 5.55. The molecular formula is C24H18. The highest BCUT2D eigenvalue weighted by molar-refractivity contribution is 6.24. The van der Waals surface area contributed by atoms with Gasteiger partial charge in [-0.3, -0.25) is 0 Å². The Morgan fingerprint density at radius 3 is 2.38 bits per heavy atom. The van der Waals surface area contributed by atoms with Crippen LogP contribution < -0.4 is 5.22 Å². The lowest BCUT2D eigenvalue weighted by atomic mass is 9.79. The van der Waals surface area contributed by atoms with Gasteiger partial charge in [0.05, 0.1) is 0 Å². The molecule has 0 aliphatic heterocycles. The summed E-state index contributed by atoms with van der Waals surface area (Å²) in [5.41, 5.74) is 4.72. The summed E-state index contributed by atoms with van der Waals surface area (Å²) in [6.07, 6.45) is 11.9. The third-order valence-corrected chi connectivity index (χ3v) is 5.96. The monoisotopic (exact) mass is 306 g/mol. The van der Waals surface area contributed by atoms with Gasteiger partial charge in [0.1, 0.15) is 0 Å². The van der Waals surface area contributed by atoms with E-state index in [0.717, 1.165) is 0 Å². The Hall–Kier alpha value is -2.60. The molecule has 0 N–H and O–H groups in total. The van der Waals surface area contributed by atoms with Crippen molar-refractivity contribution in [3.63, 3.8) is 0 Å². The van der Waals surface area contributed by atoms with E-state index in [1.54, 1.807) is 16.5 Å². The van der Waals surface area contributed by atoms with Crippen molar-refractivity contribution in [1.29, 1.82) is 0 Å². The minimum atomic E-state index is 1.17. The molecule has 0 bridgehead atoms. The molecule has 0 atom stereocenters. The lowest BCUT2D eigenvalue weighted by molar-refractivity contribution is 0.933. The van der Waals surface area contributed by atoms with Gasteiger partial charge in [-0.05, 0) is 79.9 Å². The maximum atomic E-state index is 2.47. The van der Waals surface area contributed by atoms with Gasteiger partial charge < -0.3 is 0 Å². The van der Waals surface area contributed by atoms with Crippen LogP contribution in [0.3, 0.4) is 0 Å². The van der Waals surface area contributed by atoms with Crippen molar-refractivity contribution in [2.45, 2.75) is 25.7 Å². The molecule has 4 aromatic rings. The van der Waals surface area contributed by atoms with Gasteiger partial charge in [0.15, 0.2) is 0 Å². The topological polar surface area (TPSA) is 0 Å². The maximum absolute atomic E-state index is 2.47. The van der Waals surface area contributed by atoms with Crippen molar-refractivity contribution in [2.24, 2.45) is 0 Å². The van der Waals surface area contributed by atoms with Gasteiger partial charge >= 0.3 is 0 Å². The largest absolute Gasteiger partial charge is 0.0836 e. The van der Waals surface area contributed by atoms with Gasteiger partial charge in [0.2, 0.25) is 0 Å². The fourth-order valence-electron chi connectivity index (χ4n) is 5.04. The van der Waals surface area contributed by atoms with Gasteiger partial charge in [-0.1, -0.05) is 60.7 Å². The van der Waals surface area contributed by atoms with Crippen molar-refractivity contribution in [2.75, 3.05) is 0 Å². The highest BCUT2D eigenvalue weighted by Crippen LogP contribution is 2.40. The Balaban J connectivity index is 2.05. The molecule has 0 aromatic heterocycles. The number of aryl methyl sites for hydroxylation is 1.